The normalized spacial score (nSPS) is 17.9. The second kappa shape index (κ2) is 7.47. The molecular weight excluding hydrogens is 410 g/mol. The molecule has 0 spiro atoms. The highest BCUT2D eigenvalue weighted by atomic mass is 35.5. The van der Waals surface area contributed by atoms with Crippen LogP contribution in [-0.2, 0) is 15.9 Å². The number of thiophene rings is 1. The fourth-order valence-electron chi connectivity index (χ4n) is 3.88. The van der Waals surface area contributed by atoms with E-state index in [1.54, 1.807) is 13.0 Å². The summed E-state index contributed by atoms with van der Waals surface area (Å²) < 4.78 is 11.0. The van der Waals surface area contributed by atoms with Gasteiger partial charge >= 0.3 is 5.97 Å². The summed E-state index contributed by atoms with van der Waals surface area (Å²) in [6.07, 6.45) is 1.10. The molecule has 1 unspecified atom stereocenters. The van der Waals surface area contributed by atoms with Crippen molar-refractivity contribution in [3.63, 3.8) is 0 Å². The van der Waals surface area contributed by atoms with Gasteiger partial charge in [-0.05, 0) is 30.5 Å². The molecule has 148 valence electrons. The smallest absolute Gasteiger partial charge is 0.341 e. The number of carbonyl (C=O) groups is 1. The Morgan fingerprint density at radius 1 is 1.38 bits per heavy atom. The SMILES string of the molecule is CCOC(=O)c1c(N)sc2c1CCC1=C2C(c2ccccc2Cl)C(C#N)=C(N)O1. The zero-order valence-corrected chi connectivity index (χ0v) is 17.2. The number of fused-ring (bicyclic) bond motifs is 2. The summed E-state index contributed by atoms with van der Waals surface area (Å²) in [6.45, 7) is 2.02. The van der Waals surface area contributed by atoms with Gasteiger partial charge in [-0.2, -0.15) is 5.26 Å². The van der Waals surface area contributed by atoms with Crippen LogP contribution in [0.1, 0.15) is 45.6 Å². The zero-order valence-electron chi connectivity index (χ0n) is 15.6. The highest BCUT2D eigenvalue weighted by Crippen LogP contribution is 2.53. The first-order chi connectivity index (χ1) is 14.0. The predicted octanol–water partition coefficient (Wildman–Crippen LogP) is 4.33. The van der Waals surface area contributed by atoms with E-state index in [2.05, 4.69) is 6.07 Å². The summed E-state index contributed by atoms with van der Waals surface area (Å²) in [7, 11) is 0. The van der Waals surface area contributed by atoms with E-state index in [1.807, 2.05) is 18.2 Å². The fourth-order valence-corrected chi connectivity index (χ4v) is 5.32. The van der Waals surface area contributed by atoms with Crippen LogP contribution < -0.4 is 11.5 Å². The van der Waals surface area contributed by atoms with Gasteiger partial charge in [0.05, 0.1) is 18.1 Å². The first kappa shape index (κ1) is 19.4. The van der Waals surface area contributed by atoms with Crippen LogP contribution >= 0.6 is 22.9 Å². The minimum atomic E-state index is -0.496. The number of ether oxygens (including phenoxy) is 2. The monoisotopic (exact) mass is 427 g/mol. The van der Waals surface area contributed by atoms with Crippen LogP contribution in [-0.4, -0.2) is 12.6 Å². The Kier molecular flexibility index (Phi) is 4.99. The number of esters is 1. The molecule has 1 aromatic heterocycles. The van der Waals surface area contributed by atoms with Crippen molar-refractivity contribution in [2.24, 2.45) is 5.73 Å². The molecule has 29 heavy (non-hydrogen) atoms. The Balaban J connectivity index is 1.94. The number of benzene rings is 1. The second-order valence-corrected chi connectivity index (χ2v) is 8.11. The van der Waals surface area contributed by atoms with Gasteiger partial charge in [0.15, 0.2) is 0 Å². The van der Waals surface area contributed by atoms with Gasteiger partial charge < -0.3 is 20.9 Å². The van der Waals surface area contributed by atoms with E-state index in [4.69, 9.17) is 32.5 Å². The summed E-state index contributed by atoms with van der Waals surface area (Å²) in [5, 5.41) is 10.7. The van der Waals surface area contributed by atoms with Crippen LogP contribution in [0.4, 0.5) is 5.00 Å². The molecule has 2 aliphatic rings. The number of anilines is 1. The quantitative estimate of drug-likeness (QED) is 0.705. The van der Waals surface area contributed by atoms with E-state index in [1.165, 1.54) is 11.3 Å². The van der Waals surface area contributed by atoms with Crippen molar-refractivity contribution in [3.05, 3.63) is 68.1 Å². The lowest BCUT2D eigenvalue weighted by Gasteiger charge is -2.32. The number of nitriles is 1. The number of hydrogen-bond acceptors (Lipinski definition) is 7. The Hall–Kier alpha value is -2.95. The fraction of sp³-hybridized carbons (Fsp3) is 0.238. The number of nitrogen functional groups attached to an aromatic ring is 1. The lowest BCUT2D eigenvalue weighted by molar-refractivity contribution is 0.0526. The molecule has 0 fully saturated rings. The maximum atomic E-state index is 12.5. The molecule has 6 nitrogen and oxygen atoms in total. The molecule has 8 heteroatoms. The Morgan fingerprint density at radius 3 is 2.83 bits per heavy atom. The standard InChI is InChI=1S/C21H18ClN3O3S/c1-2-27-21(26)16-11-7-8-14-17(18(11)29-20(16)25)15(12(9-23)19(24)28-14)10-5-3-4-6-13(10)22/h3-6,15H,2,7-8,24-25H2,1H3. The number of carbonyl (C=O) groups excluding carboxylic acids is 1. The largest absolute Gasteiger partial charge is 0.462 e. The summed E-state index contributed by atoms with van der Waals surface area (Å²) in [5.41, 5.74) is 15.3. The first-order valence-corrected chi connectivity index (χ1v) is 10.3. The Labute approximate surface area is 177 Å². The van der Waals surface area contributed by atoms with Crippen molar-refractivity contribution >= 4 is 39.5 Å². The van der Waals surface area contributed by atoms with Gasteiger partial charge in [0, 0.05) is 21.9 Å². The molecular formula is C21H18ClN3O3S. The van der Waals surface area contributed by atoms with Gasteiger partial charge in [-0.1, -0.05) is 29.8 Å². The number of halogens is 1. The zero-order chi connectivity index (χ0) is 20.7. The van der Waals surface area contributed by atoms with Crippen molar-refractivity contribution in [1.82, 2.24) is 0 Å². The molecule has 1 atom stereocenters. The van der Waals surface area contributed by atoms with Gasteiger partial charge in [0.2, 0.25) is 5.88 Å². The van der Waals surface area contributed by atoms with Crippen molar-refractivity contribution in [1.29, 1.82) is 5.26 Å². The molecule has 1 aromatic carbocycles. The van der Waals surface area contributed by atoms with Crippen LogP contribution in [0.5, 0.6) is 0 Å². The Bertz CT molecular complexity index is 1130. The molecule has 0 bridgehead atoms. The molecule has 2 heterocycles. The van der Waals surface area contributed by atoms with E-state index in [9.17, 15) is 10.1 Å². The first-order valence-electron chi connectivity index (χ1n) is 9.11. The molecule has 0 saturated carbocycles. The van der Waals surface area contributed by atoms with Crippen LogP contribution in [0.15, 0.2) is 41.5 Å². The molecule has 0 saturated heterocycles. The lowest BCUT2D eigenvalue weighted by Crippen LogP contribution is -2.23. The third-order valence-corrected chi connectivity index (χ3v) is 6.51. The van der Waals surface area contributed by atoms with Crippen LogP contribution in [0.2, 0.25) is 5.02 Å². The molecule has 4 N–H and O–H groups in total. The second-order valence-electron chi connectivity index (χ2n) is 6.65. The van der Waals surface area contributed by atoms with Crippen molar-refractivity contribution in [2.75, 3.05) is 12.3 Å². The molecule has 0 radical (unpaired) electrons. The van der Waals surface area contributed by atoms with Crippen LogP contribution in [0.3, 0.4) is 0 Å². The molecule has 2 aromatic rings. The average molecular weight is 428 g/mol. The summed E-state index contributed by atoms with van der Waals surface area (Å²) in [5.74, 6) is -0.178. The van der Waals surface area contributed by atoms with Gasteiger partial charge in [-0.3, -0.25) is 0 Å². The van der Waals surface area contributed by atoms with E-state index in [-0.39, 0.29) is 18.1 Å². The summed E-state index contributed by atoms with van der Waals surface area (Å²) in [4.78, 5) is 13.3. The molecule has 1 aliphatic carbocycles. The highest BCUT2D eigenvalue weighted by Gasteiger charge is 2.40. The number of allylic oxidation sites excluding steroid dienone is 3. The van der Waals surface area contributed by atoms with Crippen LogP contribution in [0, 0.1) is 11.3 Å². The minimum absolute atomic E-state index is 0.0785. The average Bonchev–Trinajstić information content (AvgIpc) is 3.03. The number of nitrogens with two attached hydrogens (primary N) is 2. The minimum Gasteiger partial charge on any atom is -0.462 e. The van der Waals surface area contributed by atoms with E-state index in [0.29, 0.717) is 34.2 Å². The lowest BCUT2D eigenvalue weighted by atomic mass is 9.78. The third-order valence-electron chi connectivity index (χ3n) is 5.07. The maximum Gasteiger partial charge on any atom is 0.341 e. The van der Waals surface area contributed by atoms with Gasteiger partial charge in [-0.15, -0.1) is 11.3 Å². The predicted molar refractivity (Wildman–Crippen MR) is 112 cm³/mol. The highest BCUT2D eigenvalue weighted by molar-refractivity contribution is 7.17. The molecule has 0 amide bonds. The van der Waals surface area contributed by atoms with Gasteiger partial charge in [0.25, 0.3) is 0 Å². The third kappa shape index (κ3) is 3.05. The topological polar surface area (TPSA) is 111 Å². The van der Waals surface area contributed by atoms with Crippen molar-refractivity contribution in [3.8, 4) is 6.07 Å². The van der Waals surface area contributed by atoms with Crippen LogP contribution in [0.25, 0.3) is 5.57 Å². The van der Waals surface area contributed by atoms with Crippen molar-refractivity contribution in [2.45, 2.75) is 25.7 Å². The number of rotatable bonds is 3. The van der Waals surface area contributed by atoms with Gasteiger partial charge in [0.1, 0.15) is 22.4 Å². The number of hydrogen-bond donors (Lipinski definition) is 2. The molecule has 4 rings (SSSR count). The Morgan fingerprint density at radius 2 is 2.14 bits per heavy atom. The maximum absolute atomic E-state index is 12.5. The van der Waals surface area contributed by atoms with E-state index in [0.717, 1.165) is 21.6 Å². The number of nitrogens with zero attached hydrogens (tertiary/aromatic N) is 1. The van der Waals surface area contributed by atoms with Gasteiger partial charge in [-0.25, -0.2) is 4.79 Å². The molecule has 1 aliphatic heterocycles. The van der Waals surface area contributed by atoms with Crippen molar-refractivity contribution < 1.29 is 14.3 Å². The summed E-state index contributed by atoms with van der Waals surface area (Å²) >= 11 is 7.78. The summed E-state index contributed by atoms with van der Waals surface area (Å²) in [6, 6.07) is 9.50. The van der Waals surface area contributed by atoms with E-state index < -0.39 is 11.9 Å². The van der Waals surface area contributed by atoms with E-state index >= 15 is 0 Å².